The number of carbonyl (C=O) groups excluding carboxylic acids is 1. The summed E-state index contributed by atoms with van der Waals surface area (Å²) in [6.45, 7) is 1.22. The van der Waals surface area contributed by atoms with Crippen LogP contribution in [-0.2, 0) is 13.1 Å². The van der Waals surface area contributed by atoms with Gasteiger partial charge in [-0.15, -0.1) is 0 Å². The summed E-state index contributed by atoms with van der Waals surface area (Å²) in [4.78, 5) is 11.4. The molecule has 20 heavy (non-hydrogen) atoms. The smallest absolute Gasteiger partial charge is 0.251 e. The molecular weight excluding hydrogens is 254 g/mol. The van der Waals surface area contributed by atoms with Gasteiger partial charge in [-0.05, 0) is 29.8 Å². The summed E-state index contributed by atoms with van der Waals surface area (Å²) >= 11 is 0. The molecular formula is C15H15N3O2. The van der Waals surface area contributed by atoms with Crippen molar-refractivity contribution in [2.45, 2.75) is 13.1 Å². The predicted octanol–water partition coefficient (Wildman–Crippen LogP) is 1.80. The topological polar surface area (TPSA) is 78.1 Å². The largest absolute Gasteiger partial charge is 0.449 e. The average molecular weight is 269 g/mol. The molecule has 0 atom stereocenters. The minimum Gasteiger partial charge on any atom is -0.449 e. The molecule has 2 aromatic rings. The Bertz CT molecular complexity index is 623. The van der Waals surface area contributed by atoms with Gasteiger partial charge in [0.1, 0.15) is 11.8 Å². The van der Waals surface area contributed by atoms with Crippen LogP contribution in [0.3, 0.4) is 0 Å². The van der Waals surface area contributed by atoms with Crippen LogP contribution in [0.15, 0.2) is 40.8 Å². The summed E-state index contributed by atoms with van der Waals surface area (Å²) < 4.78 is 5.26. The van der Waals surface area contributed by atoms with Gasteiger partial charge < -0.3 is 15.1 Å². The van der Waals surface area contributed by atoms with Crippen molar-refractivity contribution in [1.82, 2.24) is 10.6 Å². The summed E-state index contributed by atoms with van der Waals surface area (Å²) in [7, 11) is 1.61. The van der Waals surface area contributed by atoms with Gasteiger partial charge in [-0.3, -0.25) is 4.79 Å². The van der Waals surface area contributed by atoms with Gasteiger partial charge >= 0.3 is 0 Å². The van der Waals surface area contributed by atoms with Crippen molar-refractivity contribution in [1.29, 1.82) is 5.26 Å². The van der Waals surface area contributed by atoms with E-state index < -0.39 is 0 Å². The van der Waals surface area contributed by atoms with E-state index in [-0.39, 0.29) is 5.91 Å². The SMILES string of the molecule is CNC(=O)c1ccc(CNCc2ccc(C#N)o2)cc1. The maximum Gasteiger partial charge on any atom is 0.251 e. The Morgan fingerprint density at radius 1 is 1.20 bits per heavy atom. The molecule has 0 aliphatic carbocycles. The number of nitrogens with one attached hydrogen (secondary N) is 2. The van der Waals surface area contributed by atoms with E-state index in [0.717, 1.165) is 11.3 Å². The zero-order valence-corrected chi connectivity index (χ0v) is 11.1. The molecule has 0 aliphatic heterocycles. The maximum absolute atomic E-state index is 11.4. The predicted molar refractivity (Wildman–Crippen MR) is 73.8 cm³/mol. The van der Waals surface area contributed by atoms with Crippen molar-refractivity contribution in [3.05, 3.63) is 59.0 Å². The molecule has 0 radical (unpaired) electrons. The van der Waals surface area contributed by atoms with Crippen LogP contribution in [0.5, 0.6) is 0 Å². The summed E-state index contributed by atoms with van der Waals surface area (Å²) in [5.74, 6) is 0.949. The lowest BCUT2D eigenvalue weighted by atomic mass is 10.1. The Labute approximate surface area is 117 Å². The van der Waals surface area contributed by atoms with Gasteiger partial charge in [0, 0.05) is 19.2 Å². The maximum atomic E-state index is 11.4. The highest BCUT2D eigenvalue weighted by atomic mass is 16.3. The second-order valence-corrected chi connectivity index (χ2v) is 4.26. The normalized spacial score (nSPS) is 10.0. The van der Waals surface area contributed by atoms with Crippen LogP contribution in [0.1, 0.15) is 27.4 Å². The molecule has 1 aromatic heterocycles. The minimum atomic E-state index is -0.0934. The van der Waals surface area contributed by atoms with Gasteiger partial charge in [0.25, 0.3) is 5.91 Å². The van der Waals surface area contributed by atoms with Gasteiger partial charge in [0.15, 0.2) is 0 Å². The number of carbonyl (C=O) groups is 1. The third-order valence-electron chi connectivity index (χ3n) is 2.84. The van der Waals surface area contributed by atoms with Crippen molar-refractivity contribution in [3.63, 3.8) is 0 Å². The third kappa shape index (κ3) is 3.46. The molecule has 5 nitrogen and oxygen atoms in total. The number of amides is 1. The fourth-order valence-corrected chi connectivity index (χ4v) is 1.78. The number of furan rings is 1. The Kier molecular flexibility index (Phi) is 4.53. The first-order valence-electron chi connectivity index (χ1n) is 6.23. The molecule has 0 fully saturated rings. The lowest BCUT2D eigenvalue weighted by molar-refractivity contribution is 0.0963. The van der Waals surface area contributed by atoms with Gasteiger partial charge in [-0.25, -0.2) is 0 Å². The molecule has 0 saturated heterocycles. The zero-order valence-electron chi connectivity index (χ0n) is 11.1. The van der Waals surface area contributed by atoms with Crippen molar-refractivity contribution in [2.24, 2.45) is 0 Å². The number of hydrogen-bond acceptors (Lipinski definition) is 4. The number of nitrogens with zero attached hydrogens (tertiary/aromatic N) is 1. The van der Waals surface area contributed by atoms with Gasteiger partial charge in [-0.2, -0.15) is 5.26 Å². The molecule has 2 N–H and O–H groups in total. The van der Waals surface area contributed by atoms with Crippen LogP contribution < -0.4 is 10.6 Å². The van der Waals surface area contributed by atoms with E-state index >= 15 is 0 Å². The molecule has 0 spiro atoms. The van der Waals surface area contributed by atoms with Crippen molar-refractivity contribution >= 4 is 5.91 Å². The Morgan fingerprint density at radius 3 is 2.55 bits per heavy atom. The summed E-state index contributed by atoms with van der Waals surface area (Å²) in [5.41, 5.74) is 1.71. The first-order chi connectivity index (χ1) is 9.72. The van der Waals surface area contributed by atoms with E-state index in [2.05, 4.69) is 10.6 Å². The molecule has 1 heterocycles. The summed E-state index contributed by atoms with van der Waals surface area (Å²) in [5, 5.41) is 14.4. The second kappa shape index (κ2) is 6.55. The summed E-state index contributed by atoms with van der Waals surface area (Å²) in [6, 6.07) is 12.8. The van der Waals surface area contributed by atoms with E-state index in [1.165, 1.54) is 0 Å². The van der Waals surface area contributed by atoms with Crippen molar-refractivity contribution in [2.75, 3.05) is 7.05 Å². The van der Waals surface area contributed by atoms with Crippen LogP contribution in [0.25, 0.3) is 0 Å². The molecule has 1 amide bonds. The van der Waals surface area contributed by atoms with Gasteiger partial charge in [0.05, 0.1) is 6.54 Å². The quantitative estimate of drug-likeness (QED) is 0.867. The lowest BCUT2D eigenvalue weighted by Gasteiger charge is -2.04. The van der Waals surface area contributed by atoms with E-state index in [1.54, 1.807) is 31.3 Å². The average Bonchev–Trinajstić information content (AvgIpc) is 2.95. The van der Waals surface area contributed by atoms with E-state index in [1.807, 2.05) is 18.2 Å². The van der Waals surface area contributed by atoms with Crippen LogP contribution >= 0.6 is 0 Å². The molecule has 0 saturated carbocycles. The Hall–Kier alpha value is -2.58. The standard InChI is InChI=1S/C15H15N3O2/c1-17-15(19)12-4-2-11(3-5-12)9-18-10-14-7-6-13(8-16)20-14/h2-7,18H,9-10H2,1H3,(H,17,19). The molecule has 102 valence electrons. The van der Waals surface area contributed by atoms with E-state index in [9.17, 15) is 4.79 Å². The van der Waals surface area contributed by atoms with Crippen LogP contribution in [0.2, 0.25) is 0 Å². The number of benzene rings is 1. The Balaban J connectivity index is 1.85. The highest BCUT2D eigenvalue weighted by molar-refractivity contribution is 5.93. The Morgan fingerprint density at radius 2 is 1.95 bits per heavy atom. The van der Waals surface area contributed by atoms with Crippen LogP contribution in [-0.4, -0.2) is 13.0 Å². The molecule has 1 aromatic carbocycles. The van der Waals surface area contributed by atoms with E-state index in [0.29, 0.717) is 24.4 Å². The highest BCUT2D eigenvalue weighted by Crippen LogP contribution is 2.07. The molecule has 2 rings (SSSR count). The number of nitriles is 1. The zero-order chi connectivity index (χ0) is 14.4. The number of rotatable bonds is 5. The lowest BCUT2D eigenvalue weighted by Crippen LogP contribution is -2.18. The van der Waals surface area contributed by atoms with Crippen LogP contribution in [0.4, 0.5) is 0 Å². The molecule has 0 bridgehead atoms. The van der Waals surface area contributed by atoms with Crippen molar-refractivity contribution in [3.8, 4) is 6.07 Å². The first kappa shape index (κ1) is 13.8. The summed E-state index contributed by atoms with van der Waals surface area (Å²) in [6.07, 6.45) is 0. The third-order valence-corrected chi connectivity index (χ3v) is 2.84. The molecule has 5 heteroatoms. The highest BCUT2D eigenvalue weighted by Gasteiger charge is 2.03. The van der Waals surface area contributed by atoms with E-state index in [4.69, 9.17) is 9.68 Å². The first-order valence-corrected chi connectivity index (χ1v) is 6.23. The van der Waals surface area contributed by atoms with Gasteiger partial charge in [0.2, 0.25) is 5.76 Å². The molecule has 0 unspecified atom stereocenters. The monoisotopic (exact) mass is 269 g/mol. The fraction of sp³-hybridized carbons (Fsp3) is 0.200. The van der Waals surface area contributed by atoms with Crippen LogP contribution in [0, 0.1) is 11.3 Å². The van der Waals surface area contributed by atoms with Gasteiger partial charge in [-0.1, -0.05) is 12.1 Å². The minimum absolute atomic E-state index is 0.0934. The molecule has 0 aliphatic rings. The van der Waals surface area contributed by atoms with Crippen molar-refractivity contribution < 1.29 is 9.21 Å². The number of hydrogen-bond donors (Lipinski definition) is 2. The fourth-order valence-electron chi connectivity index (χ4n) is 1.78. The second-order valence-electron chi connectivity index (χ2n) is 4.26.